The molecule has 0 radical (unpaired) electrons. The number of nitrogens with one attached hydrogen (secondary N) is 3. The van der Waals surface area contributed by atoms with E-state index >= 15 is 0 Å². The van der Waals surface area contributed by atoms with E-state index in [1.54, 1.807) is 42.5 Å². The molecule has 152 valence electrons. The van der Waals surface area contributed by atoms with E-state index in [0.717, 1.165) is 4.47 Å². The zero-order valence-electron chi connectivity index (χ0n) is 15.2. The summed E-state index contributed by atoms with van der Waals surface area (Å²) in [6, 6.07) is 17.3. The van der Waals surface area contributed by atoms with Gasteiger partial charge in [-0.2, -0.15) is 0 Å². The number of halogens is 3. The van der Waals surface area contributed by atoms with Crippen LogP contribution in [-0.4, -0.2) is 16.9 Å². The monoisotopic (exact) mass is 505 g/mol. The van der Waals surface area contributed by atoms with Crippen LogP contribution in [0.25, 0.3) is 0 Å². The van der Waals surface area contributed by atoms with Crippen LogP contribution >= 0.6 is 39.7 Å². The van der Waals surface area contributed by atoms with Gasteiger partial charge in [0.15, 0.2) is 5.11 Å². The molecule has 0 fully saturated rings. The smallest absolute Gasteiger partial charge is 0.257 e. The third kappa shape index (κ3) is 5.85. The van der Waals surface area contributed by atoms with Crippen molar-refractivity contribution in [3.8, 4) is 0 Å². The number of carbonyl (C=O) groups is 2. The SMILES string of the molecule is O=C(NC(=S)Nc1cccc(C(=O)Nc2ccc(F)c(Cl)c2)c1)c1cccc(Br)c1. The molecule has 5 nitrogen and oxygen atoms in total. The molecule has 3 aromatic carbocycles. The molecule has 3 N–H and O–H groups in total. The third-order valence-electron chi connectivity index (χ3n) is 3.87. The van der Waals surface area contributed by atoms with Crippen molar-refractivity contribution >= 4 is 68.1 Å². The van der Waals surface area contributed by atoms with Crippen LogP contribution in [0.1, 0.15) is 20.7 Å². The van der Waals surface area contributed by atoms with Gasteiger partial charge in [-0.15, -0.1) is 0 Å². The Balaban J connectivity index is 1.64. The lowest BCUT2D eigenvalue weighted by molar-refractivity contribution is 0.0976. The minimum Gasteiger partial charge on any atom is -0.332 e. The predicted octanol–water partition coefficient (Wildman–Crippen LogP) is 5.62. The van der Waals surface area contributed by atoms with Crippen LogP contribution in [-0.2, 0) is 0 Å². The van der Waals surface area contributed by atoms with Crippen LogP contribution < -0.4 is 16.0 Å². The molecule has 3 rings (SSSR count). The van der Waals surface area contributed by atoms with Crippen molar-refractivity contribution in [2.75, 3.05) is 10.6 Å². The highest BCUT2D eigenvalue weighted by Crippen LogP contribution is 2.20. The molecule has 0 aliphatic carbocycles. The number of hydrogen-bond acceptors (Lipinski definition) is 3. The maximum Gasteiger partial charge on any atom is 0.257 e. The number of thiocarbonyl (C=S) groups is 1. The first kappa shape index (κ1) is 21.9. The van der Waals surface area contributed by atoms with Gasteiger partial charge in [0.05, 0.1) is 5.02 Å². The summed E-state index contributed by atoms with van der Waals surface area (Å²) in [4.78, 5) is 24.7. The average molecular weight is 507 g/mol. The molecular formula is C21H14BrClFN3O2S. The molecular weight excluding hydrogens is 493 g/mol. The van der Waals surface area contributed by atoms with E-state index in [1.165, 1.54) is 18.2 Å². The van der Waals surface area contributed by atoms with Gasteiger partial charge < -0.3 is 10.6 Å². The summed E-state index contributed by atoms with van der Waals surface area (Å²) >= 11 is 14.2. The van der Waals surface area contributed by atoms with Gasteiger partial charge in [0.1, 0.15) is 5.82 Å². The molecule has 0 heterocycles. The molecule has 0 aliphatic heterocycles. The second kappa shape index (κ2) is 9.80. The molecule has 0 saturated carbocycles. The molecule has 0 aromatic heterocycles. The van der Waals surface area contributed by atoms with Crippen LogP contribution in [0, 0.1) is 5.82 Å². The van der Waals surface area contributed by atoms with Crippen molar-refractivity contribution in [2.45, 2.75) is 0 Å². The Bertz CT molecular complexity index is 1140. The molecule has 0 saturated heterocycles. The highest BCUT2D eigenvalue weighted by atomic mass is 79.9. The molecule has 0 unspecified atom stereocenters. The summed E-state index contributed by atoms with van der Waals surface area (Å²) in [6.07, 6.45) is 0. The second-order valence-corrected chi connectivity index (χ2v) is 7.81. The van der Waals surface area contributed by atoms with E-state index in [-0.39, 0.29) is 16.0 Å². The van der Waals surface area contributed by atoms with Gasteiger partial charge in [0, 0.05) is 27.0 Å². The van der Waals surface area contributed by atoms with E-state index in [9.17, 15) is 14.0 Å². The highest BCUT2D eigenvalue weighted by molar-refractivity contribution is 9.10. The Morgan fingerprint density at radius 2 is 1.53 bits per heavy atom. The first-order valence-electron chi connectivity index (χ1n) is 8.56. The molecule has 3 aromatic rings. The largest absolute Gasteiger partial charge is 0.332 e. The van der Waals surface area contributed by atoms with Crippen molar-refractivity contribution in [1.29, 1.82) is 0 Å². The first-order chi connectivity index (χ1) is 14.3. The zero-order valence-corrected chi connectivity index (χ0v) is 18.4. The molecule has 30 heavy (non-hydrogen) atoms. The minimum absolute atomic E-state index is 0.0860. The van der Waals surface area contributed by atoms with Crippen LogP contribution in [0.3, 0.4) is 0 Å². The Morgan fingerprint density at radius 3 is 2.23 bits per heavy atom. The van der Waals surface area contributed by atoms with Gasteiger partial charge in [0.25, 0.3) is 11.8 Å². The fourth-order valence-electron chi connectivity index (χ4n) is 2.48. The summed E-state index contributed by atoms with van der Waals surface area (Å²) in [5.74, 6) is -1.35. The topological polar surface area (TPSA) is 70.2 Å². The average Bonchev–Trinajstić information content (AvgIpc) is 2.71. The predicted molar refractivity (Wildman–Crippen MR) is 124 cm³/mol. The molecule has 9 heteroatoms. The van der Waals surface area contributed by atoms with Gasteiger partial charge >= 0.3 is 0 Å². The van der Waals surface area contributed by atoms with E-state index in [0.29, 0.717) is 22.5 Å². The fourth-order valence-corrected chi connectivity index (χ4v) is 3.27. The number of rotatable bonds is 4. The van der Waals surface area contributed by atoms with E-state index in [1.807, 2.05) is 6.07 Å². The van der Waals surface area contributed by atoms with Gasteiger partial charge in [-0.1, -0.05) is 39.7 Å². The molecule has 0 bridgehead atoms. The lowest BCUT2D eigenvalue weighted by atomic mass is 10.2. The van der Waals surface area contributed by atoms with Crippen molar-refractivity contribution < 1.29 is 14.0 Å². The highest BCUT2D eigenvalue weighted by Gasteiger charge is 2.11. The number of anilines is 2. The number of hydrogen-bond donors (Lipinski definition) is 3. The molecule has 0 spiro atoms. The molecule has 2 amide bonds. The number of amides is 2. The number of benzene rings is 3. The molecule has 0 aliphatic rings. The summed E-state index contributed by atoms with van der Waals surface area (Å²) < 4.78 is 14.0. The Hall–Kier alpha value is -2.81. The van der Waals surface area contributed by atoms with Crippen LogP contribution in [0.15, 0.2) is 71.2 Å². The normalized spacial score (nSPS) is 10.2. The third-order valence-corrected chi connectivity index (χ3v) is 4.86. The lowest BCUT2D eigenvalue weighted by Gasteiger charge is -2.11. The molecule has 0 atom stereocenters. The van der Waals surface area contributed by atoms with Gasteiger partial charge in [-0.25, -0.2) is 4.39 Å². The fraction of sp³-hybridized carbons (Fsp3) is 0. The van der Waals surface area contributed by atoms with E-state index < -0.39 is 11.7 Å². The van der Waals surface area contributed by atoms with Crippen LogP contribution in [0.4, 0.5) is 15.8 Å². The number of carbonyl (C=O) groups excluding carboxylic acids is 2. The van der Waals surface area contributed by atoms with Gasteiger partial charge in [-0.3, -0.25) is 14.9 Å². The van der Waals surface area contributed by atoms with Crippen molar-refractivity contribution in [2.24, 2.45) is 0 Å². The van der Waals surface area contributed by atoms with Crippen LogP contribution in [0.2, 0.25) is 5.02 Å². The Morgan fingerprint density at radius 1 is 0.867 bits per heavy atom. The maximum atomic E-state index is 13.3. The maximum absolute atomic E-state index is 13.3. The standard InChI is InChI=1S/C21H14BrClFN3O2S/c22-14-5-1-3-12(9-14)20(29)27-21(30)26-15-6-2-4-13(10-15)19(28)25-16-7-8-18(24)17(23)11-16/h1-11H,(H,25,28)(H2,26,27,29,30). The van der Waals surface area contributed by atoms with Crippen LogP contribution in [0.5, 0.6) is 0 Å². The van der Waals surface area contributed by atoms with Crippen molar-refractivity contribution in [3.63, 3.8) is 0 Å². The van der Waals surface area contributed by atoms with E-state index in [2.05, 4.69) is 31.9 Å². The van der Waals surface area contributed by atoms with Crippen molar-refractivity contribution in [3.05, 3.63) is 93.2 Å². The zero-order chi connectivity index (χ0) is 21.7. The van der Waals surface area contributed by atoms with Gasteiger partial charge in [0.2, 0.25) is 0 Å². The van der Waals surface area contributed by atoms with E-state index in [4.69, 9.17) is 23.8 Å². The Kier molecular flexibility index (Phi) is 7.15. The quantitative estimate of drug-likeness (QED) is 0.402. The summed E-state index contributed by atoms with van der Waals surface area (Å²) in [6.45, 7) is 0. The lowest BCUT2D eigenvalue weighted by Crippen LogP contribution is -2.34. The second-order valence-electron chi connectivity index (χ2n) is 6.08. The summed E-state index contributed by atoms with van der Waals surface area (Å²) in [5.41, 5.74) is 1.65. The first-order valence-corrected chi connectivity index (χ1v) is 10.1. The Labute approximate surface area is 190 Å². The minimum atomic E-state index is -0.570. The van der Waals surface area contributed by atoms with Gasteiger partial charge in [-0.05, 0) is 66.8 Å². The summed E-state index contributed by atoms with van der Waals surface area (Å²) in [7, 11) is 0. The summed E-state index contributed by atoms with van der Waals surface area (Å²) in [5, 5.41) is 8.09. The van der Waals surface area contributed by atoms with Crippen molar-refractivity contribution in [1.82, 2.24) is 5.32 Å².